The monoisotopic (exact) mass is 248 g/mol. The summed E-state index contributed by atoms with van der Waals surface area (Å²) in [6.45, 7) is 4.21. The topological polar surface area (TPSA) is 46.9 Å². The third-order valence-electron chi connectivity index (χ3n) is 2.22. The molecule has 1 radical (unpaired) electrons. The highest BCUT2D eigenvalue weighted by Crippen LogP contribution is 2.11. The maximum atomic E-state index is 11.8. The van der Waals surface area contributed by atoms with Gasteiger partial charge in [-0.15, -0.1) is 0 Å². The molecule has 5 heteroatoms. The summed E-state index contributed by atoms with van der Waals surface area (Å²) >= 11 is 5.74. The van der Waals surface area contributed by atoms with Gasteiger partial charge in [-0.2, -0.15) is 5.10 Å². The van der Waals surface area contributed by atoms with Crippen molar-refractivity contribution in [2.45, 2.75) is 6.54 Å². The van der Waals surface area contributed by atoms with Gasteiger partial charge in [0.25, 0.3) is 5.91 Å². The van der Waals surface area contributed by atoms with Gasteiger partial charge in [-0.1, -0.05) is 11.6 Å². The number of amides is 1. The zero-order chi connectivity index (χ0) is 12.3. The number of aromatic nitrogens is 2. The van der Waals surface area contributed by atoms with E-state index in [2.05, 4.69) is 17.3 Å². The Kier molecular flexibility index (Phi) is 3.44. The predicted octanol–water partition coefficient (Wildman–Crippen LogP) is 2.62. The third-order valence-corrected chi connectivity index (χ3v) is 2.47. The number of carbonyl (C=O) groups excluding carboxylic acids is 1. The zero-order valence-electron chi connectivity index (χ0n) is 9.06. The Labute approximate surface area is 104 Å². The van der Waals surface area contributed by atoms with Crippen molar-refractivity contribution in [1.29, 1.82) is 0 Å². The zero-order valence-corrected chi connectivity index (χ0v) is 9.81. The van der Waals surface area contributed by atoms with E-state index in [1.807, 2.05) is 0 Å². The van der Waals surface area contributed by atoms with Crippen LogP contribution in [0.2, 0.25) is 5.02 Å². The number of halogens is 1. The molecule has 1 aromatic heterocycles. The molecule has 0 aliphatic heterocycles. The van der Waals surface area contributed by atoms with Crippen molar-refractivity contribution in [3.8, 4) is 0 Å². The summed E-state index contributed by atoms with van der Waals surface area (Å²) in [5.74, 6) is 0.296. The van der Waals surface area contributed by atoms with Crippen LogP contribution in [-0.2, 0) is 6.54 Å². The fraction of sp³-hybridized carbons (Fsp3) is 0.0833. The van der Waals surface area contributed by atoms with Gasteiger partial charge in [0.2, 0.25) is 0 Å². The van der Waals surface area contributed by atoms with Crippen LogP contribution in [-0.4, -0.2) is 15.7 Å². The highest BCUT2D eigenvalue weighted by atomic mass is 35.5. The summed E-state index contributed by atoms with van der Waals surface area (Å²) in [6, 6.07) is 8.39. The number of hydrogen-bond donors (Lipinski definition) is 1. The van der Waals surface area contributed by atoms with E-state index in [1.165, 1.54) is 0 Å². The van der Waals surface area contributed by atoms with Gasteiger partial charge in [-0.25, -0.2) is 0 Å². The van der Waals surface area contributed by atoms with Crippen molar-refractivity contribution in [2.75, 3.05) is 5.32 Å². The molecule has 1 heterocycles. The van der Waals surface area contributed by atoms with Gasteiger partial charge in [-0.05, 0) is 31.2 Å². The molecular weight excluding hydrogens is 238 g/mol. The van der Waals surface area contributed by atoms with Crippen LogP contribution < -0.4 is 5.32 Å². The van der Waals surface area contributed by atoms with Crippen LogP contribution in [0.3, 0.4) is 0 Å². The molecule has 0 bridgehead atoms. The first-order valence-electron chi connectivity index (χ1n) is 5.08. The van der Waals surface area contributed by atoms with Crippen molar-refractivity contribution in [3.63, 3.8) is 0 Å². The molecule has 1 N–H and O–H groups in total. The molecule has 0 saturated heterocycles. The van der Waals surface area contributed by atoms with Crippen LogP contribution in [0.4, 0.5) is 5.82 Å². The van der Waals surface area contributed by atoms with Gasteiger partial charge < -0.3 is 5.32 Å². The lowest BCUT2D eigenvalue weighted by molar-refractivity contribution is 0.102. The highest BCUT2D eigenvalue weighted by molar-refractivity contribution is 6.30. The molecule has 1 aromatic carbocycles. The van der Waals surface area contributed by atoms with Gasteiger partial charge in [0.15, 0.2) is 5.82 Å². The van der Waals surface area contributed by atoms with Gasteiger partial charge in [0.05, 0.1) is 0 Å². The van der Waals surface area contributed by atoms with E-state index in [-0.39, 0.29) is 5.91 Å². The number of nitrogens with zero attached hydrogens (tertiary/aromatic N) is 2. The molecule has 0 fully saturated rings. The number of anilines is 1. The third kappa shape index (κ3) is 2.85. The van der Waals surface area contributed by atoms with Crippen LogP contribution in [0.15, 0.2) is 36.5 Å². The second-order valence-corrected chi connectivity index (χ2v) is 3.86. The number of carbonyl (C=O) groups is 1. The largest absolute Gasteiger partial charge is 0.305 e. The summed E-state index contributed by atoms with van der Waals surface area (Å²) in [5.41, 5.74) is 0.540. The van der Waals surface area contributed by atoms with Crippen molar-refractivity contribution in [2.24, 2.45) is 0 Å². The Hall–Kier alpha value is -1.81. The van der Waals surface area contributed by atoms with Crippen LogP contribution in [0, 0.1) is 6.92 Å². The lowest BCUT2D eigenvalue weighted by Crippen LogP contribution is -2.12. The van der Waals surface area contributed by atoms with Crippen molar-refractivity contribution >= 4 is 23.3 Å². The molecule has 87 valence electrons. The van der Waals surface area contributed by atoms with E-state index in [0.717, 1.165) is 0 Å². The fourth-order valence-electron chi connectivity index (χ4n) is 1.34. The Bertz CT molecular complexity index is 519. The average Bonchev–Trinajstić information content (AvgIpc) is 2.77. The number of hydrogen-bond acceptors (Lipinski definition) is 2. The lowest BCUT2D eigenvalue weighted by Gasteiger charge is -2.01. The van der Waals surface area contributed by atoms with Crippen molar-refractivity contribution in [3.05, 3.63) is 54.0 Å². The molecule has 4 nitrogen and oxygen atoms in total. The van der Waals surface area contributed by atoms with Crippen LogP contribution >= 0.6 is 11.6 Å². The SMILES string of the molecule is [CH2]Cn1ccc(NC(=O)c2ccc(Cl)cc2)n1. The summed E-state index contributed by atoms with van der Waals surface area (Å²) < 4.78 is 1.64. The maximum Gasteiger partial charge on any atom is 0.256 e. The second-order valence-electron chi connectivity index (χ2n) is 3.43. The first-order valence-corrected chi connectivity index (χ1v) is 5.46. The summed E-state index contributed by atoms with van der Waals surface area (Å²) in [5, 5.41) is 7.40. The summed E-state index contributed by atoms with van der Waals surface area (Å²) in [4.78, 5) is 11.8. The molecule has 0 atom stereocenters. The van der Waals surface area contributed by atoms with Crippen LogP contribution in [0.1, 0.15) is 10.4 Å². The van der Waals surface area contributed by atoms with Crippen LogP contribution in [0.5, 0.6) is 0 Å². The van der Waals surface area contributed by atoms with Crippen molar-refractivity contribution in [1.82, 2.24) is 9.78 Å². The minimum atomic E-state index is -0.212. The first kappa shape index (κ1) is 11.7. The minimum Gasteiger partial charge on any atom is -0.305 e. The van der Waals surface area contributed by atoms with Gasteiger partial charge >= 0.3 is 0 Å². The van der Waals surface area contributed by atoms with Gasteiger partial charge in [0, 0.05) is 29.4 Å². The molecule has 2 rings (SSSR count). The highest BCUT2D eigenvalue weighted by Gasteiger charge is 2.07. The van der Waals surface area contributed by atoms with E-state index in [9.17, 15) is 4.79 Å². The van der Waals surface area contributed by atoms with Gasteiger partial charge in [0.1, 0.15) is 0 Å². The molecule has 0 aliphatic rings. The predicted molar refractivity (Wildman–Crippen MR) is 67.0 cm³/mol. The van der Waals surface area contributed by atoms with E-state index < -0.39 is 0 Å². The van der Waals surface area contributed by atoms with E-state index in [0.29, 0.717) is 22.9 Å². The summed E-state index contributed by atoms with van der Waals surface area (Å²) in [6.07, 6.45) is 1.75. The molecule has 17 heavy (non-hydrogen) atoms. The number of benzene rings is 1. The van der Waals surface area contributed by atoms with Crippen LogP contribution in [0.25, 0.3) is 0 Å². The molecule has 0 aliphatic carbocycles. The number of rotatable bonds is 3. The molecule has 0 saturated carbocycles. The second kappa shape index (κ2) is 5.01. The Morgan fingerprint density at radius 1 is 1.35 bits per heavy atom. The quantitative estimate of drug-likeness (QED) is 0.908. The summed E-state index contributed by atoms with van der Waals surface area (Å²) in [7, 11) is 0. The first-order chi connectivity index (χ1) is 8.19. The number of nitrogens with one attached hydrogen (secondary N) is 1. The normalized spacial score (nSPS) is 10.2. The molecule has 2 aromatic rings. The smallest absolute Gasteiger partial charge is 0.256 e. The lowest BCUT2D eigenvalue weighted by atomic mass is 10.2. The average molecular weight is 249 g/mol. The fourth-order valence-corrected chi connectivity index (χ4v) is 1.47. The minimum absolute atomic E-state index is 0.212. The Morgan fingerprint density at radius 3 is 2.65 bits per heavy atom. The maximum absolute atomic E-state index is 11.8. The molecule has 0 unspecified atom stereocenters. The Balaban J connectivity index is 2.08. The Morgan fingerprint density at radius 2 is 2.06 bits per heavy atom. The van der Waals surface area contributed by atoms with Gasteiger partial charge in [-0.3, -0.25) is 9.48 Å². The molecule has 0 spiro atoms. The van der Waals surface area contributed by atoms with E-state index in [1.54, 1.807) is 41.2 Å². The molecule has 1 amide bonds. The van der Waals surface area contributed by atoms with E-state index >= 15 is 0 Å². The van der Waals surface area contributed by atoms with E-state index in [4.69, 9.17) is 11.6 Å². The molecular formula is C12H11ClN3O. The standard InChI is InChI=1S/C12H11ClN3O/c1-2-16-8-7-11(15-16)14-12(17)9-3-5-10(13)6-4-9/h3-8H,1-2H2,(H,14,15,17). The van der Waals surface area contributed by atoms with Crippen molar-refractivity contribution < 1.29 is 4.79 Å².